The summed E-state index contributed by atoms with van der Waals surface area (Å²) in [7, 11) is -3.52. The zero-order chi connectivity index (χ0) is 16.5. The number of H-pyrrole nitrogens is 1. The van der Waals surface area contributed by atoms with Crippen molar-refractivity contribution in [3.63, 3.8) is 0 Å². The normalized spacial score (nSPS) is 11.7. The number of amides is 1. The number of rotatable bonds is 4. The van der Waals surface area contributed by atoms with Gasteiger partial charge in [-0.05, 0) is 32.0 Å². The molecule has 0 unspecified atom stereocenters. The van der Waals surface area contributed by atoms with Gasteiger partial charge in [0.1, 0.15) is 5.82 Å². The molecule has 0 atom stereocenters. The first kappa shape index (κ1) is 16.1. The van der Waals surface area contributed by atoms with Crippen LogP contribution in [0, 0.1) is 5.82 Å². The Hall–Kier alpha value is -2.29. The average Bonchev–Trinajstić information content (AvgIpc) is 2.87. The maximum absolute atomic E-state index is 13.8. The van der Waals surface area contributed by atoms with Gasteiger partial charge in [-0.25, -0.2) is 17.9 Å². The van der Waals surface area contributed by atoms with Crippen LogP contribution >= 0.6 is 0 Å². The molecular formula is C13H15FN4O3S. The third-order valence-corrected chi connectivity index (χ3v) is 3.59. The number of sulfone groups is 1. The van der Waals surface area contributed by atoms with Gasteiger partial charge in [0, 0.05) is 17.9 Å². The topological polar surface area (TPSA) is 105 Å². The van der Waals surface area contributed by atoms with Gasteiger partial charge < -0.3 is 5.32 Å². The molecule has 0 saturated heterocycles. The minimum absolute atomic E-state index is 0.0685. The minimum atomic E-state index is -3.52. The number of carbonyl (C=O) groups is 1. The van der Waals surface area contributed by atoms with Gasteiger partial charge in [-0.15, -0.1) is 0 Å². The lowest BCUT2D eigenvalue weighted by Crippen LogP contribution is -2.30. The number of nitrogens with one attached hydrogen (secondary N) is 2. The van der Waals surface area contributed by atoms with Gasteiger partial charge in [0.05, 0.1) is 5.56 Å². The Morgan fingerprint density at radius 2 is 2.05 bits per heavy atom. The third kappa shape index (κ3) is 3.48. The highest BCUT2D eigenvalue weighted by Crippen LogP contribution is 2.20. The van der Waals surface area contributed by atoms with Crippen LogP contribution in [0.4, 0.5) is 4.39 Å². The van der Waals surface area contributed by atoms with Crippen LogP contribution in [0.25, 0.3) is 11.4 Å². The summed E-state index contributed by atoms with van der Waals surface area (Å²) in [6, 6.07) is 3.62. The Kier molecular flexibility index (Phi) is 4.27. The average molecular weight is 326 g/mol. The number of halogens is 1. The molecule has 2 aromatic rings. The van der Waals surface area contributed by atoms with Crippen molar-refractivity contribution in [2.75, 3.05) is 6.26 Å². The van der Waals surface area contributed by atoms with Gasteiger partial charge in [-0.3, -0.25) is 4.79 Å². The molecule has 2 rings (SSSR count). The summed E-state index contributed by atoms with van der Waals surface area (Å²) in [4.78, 5) is 15.8. The molecule has 0 aliphatic carbocycles. The maximum atomic E-state index is 13.8. The highest BCUT2D eigenvalue weighted by atomic mass is 32.2. The lowest BCUT2D eigenvalue weighted by atomic mass is 10.1. The molecule has 0 aliphatic rings. The van der Waals surface area contributed by atoms with Crippen LogP contribution in [0.5, 0.6) is 0 Å². The van der Waals surface area contributed by atoms with Gasteiger partial charge in [0.15, 0.2) is 5.82 Å². The summed E-state index contributed by atoms with van der Waals surface area (Å²) in [6.45, 7) is 3.51. The zero-order valence-corrected chi connectivity index (χ0v) is 13.0. The number of aromatic amines is 1. The van der Waals surface area contributed by atoms with E-state index >= 15 is 0 Å². The van der Waals surface area contributed by atoms with Crippen LogP contribution in [0.15, 0.2) is 23.4 Å². The van der Waals surface area contributed by atoms with E-state index in [2.05, 4.69) is 20.5 Å². The Morgan fingerprint density at radius 3 is 2.59 bits per heavy atom. The van der Waals surface area contributed by atoms with Crippen molar-refractivity contribution in [2.24, 2.45) is 0 Å². The van der Waals surface area contributed by atoms with Crippen molar-refractivity contribution >= 4 is 15.7 Å². The predicted molar refractivity (Wildman–Crippen MR) is 77.5 cm³/mol. The van der Waals surface area contributed by atoms with E-state index in [0.29, 0.717) is 5.56 Å². The highest BCUT2D eigenvalue weighted by molar-refractivity contribution is 7.90. The van der Waals surface area contributed by atoms with Crippen molar-refractivity contribution in [3.05, 3.63) is 29.6 Å². The second kappa shape index (κ2) is 5.84. The van der Waals surface area contributed by atoms with E-state index in [1.54, 1.807) is 13.8 Å². The molecule has 0 aliphatic heterocycles. The van der Waals surface area contributed by atoms with E-state index in [1.807, 2.05) is 0 Å². The molecule has 0 saturated carbocycles. The van der Waals surface area contributed by atoms with Crippen LogP contribution in [-0.4, -0.2) is 41.8 Å². The summed E-state index contributed by atoms with van der Waals surface area (Å²) >= 11 is 0. The zero-order valence-electron chi connectivity index (χ0n) is 12.2. The van der Waals surface area contributed by atoms with Gasteiger partial charge in [-0.2, -0.15) is 10.1 Å². The molecule has 118 valence electrons. The fourth-order valence-corrected chi connectivity index (χ4v) is 2.18. The maximum Gasteiger partial charge on any atom is 0.254 e. The van der Waals surface area contributed by atoms with E-state index < -0.39 is 21.6 Å². The fourth-order valence-electron chi connectivity index (χ4n) is 1.72. The molecule has 1 heterocycles. The van der Waals surface area contributed by atoms with Crippen molar-refractivity contribution in [3.8, 4) is 11.4 Å². The summed E-state index contributed by atoms with van der Waals surface area (Å²) in [6.07, 6.45) is 0.990. The molecule has 9 heteroatoms. The Bertz CT molecular complexity index is 814. The number of hydrogen-bond acceptors (Lipinski definition) is 5. The fraction of sp³-hybridized carbons (Fsp3) is 0.308. The summed E-state index contributed by atoms with van der Waals surface area (Å²) in [5, 5.41) is 8.36. The summed E-state index contributed by atoms with van der Waals surface area (Å²) < 4.78 is 36.5. The molecule has 0 spiro atoms. The summed E-state index contributed by atoms with van der Waals surface area (Å²) in [5.41, 5.74) is 0.179. The van der Waals surface area contributed by atoms with Gasteiger partial charge in [0.2, 0.25) is 15.0 Å². The number of carbonyl (C=O) groups excluding carboxylic acids is 1. The molecule has 1 aromatic carbocycles. The van der Waals surface area contributed by atoms with Crippen molar-refractivity contribution in [1.29, 1.82) is 0 Å². The van der Waals surface area contributed by atoms with E-state index in [-0.39, 0.29) is 22.6 Å². The molecule has 22 heavy (non-hydrogen) atoms. The first-order valence-corrected chi connectivity index (χ1v) is 8.31. The van der Waals surface area contributed by atoms with Crippen LogP contribution in [0.2, 0.25) is 0 Å². The number of nitrogens with zero attached hydrogens (tertiary/aromatic N) is 2. The first-order chi connectivity index (χ1) is 10.2. The monoisotopic (exact) mass is 326 g/mol. The van der Waals surface area contributed by atoms with Crippen LogP contribution < -0.4 is 5.32 Å². The van der Waals surface area contributed by atoms with E-state index in [0.717, 1.165) is 12.3 Å². The molecule has 0 radical (unpaired) electrons. The van der Waals surface area contributed by atoms with Crippen LogP contribution in [0.3, 0.4) is 0 Å². The van der Waals surface area contributed by atoms with E-state index in [1.165, 1.54) is 12.1 Å². The van der Waals surface area contributed by atoms with Crippen molar-refractivity contribution in [1.82, 2.24) is 20.5 Å². The van der Waals surface area contributed by atoms with Gasteiger partial charge in [0.25, 0.3) is 5.91 Å². The molecule has 1 amide bonds. The van der Waals surface area contributed by atoms with Gasteiger partial charge in [-0.1, -0.05) is 0 Å². The lowest BCUT2D eigenvalue weighted by molar-refractivity contribution is 0.0939. The van der Waals surface area contributed by atoms with E-state index in [4.69, 9.17) is 0 Å². The molecule has 7 nitrogen and oxygen atoms in total. The molecule has 1 aromatic heterocycles. The quantitative estimate of drug-likeness (QED) is 0.877. The molecule has 0 bridgehead atoms. The van der Waals surface area contributed by atoms with Crippen LogP contribution in [-0.2, 0) is 9.84 Å². The lowest BCUT2D eigenvalue weighted by Gasteiger charge is -2.09. The Labute approximate surface area is 126 Å². The molecule has 0 fully saturated rings. The molecular weight excluding hydrogens is 311 g/mol. The minimum Gasteiger partial charge on any atom is -0.350 e. The van der Waals surface area contributed by atoms with Crippen LogP contribution in [0.1, 0.15) is 24.2 Å². The second-order valence-corrected chi connectivity index (χ2v) is 6.99. The Morgan fingerprint density at radius 1 is 1.36 bits per heavy atom. The number of benzene rings is 1. The van der Waals surface area contributed by atoms with E-state index in [9.17, 15) is 17.6 Å². The predicted octanol–water partition coefficient (Wildman–Crippen LogP) is 1.15. The van der Waals surface area contributed by atoms with Gasteiger partial charge >= 0.3 is 0 Å². The first-order valence-electron chi connectivity index (χ1n) is 6.41. The number of aromatic nitrogens is 3. The SMILES string of the molecule is CC(C)NC(=O)c1cc(-c2n[nH]c(S(C)(=O)=O)n2)ccc1F. The van der Waals surface area contributed by atoms with Crippen molar-refractivity contribution in [2.45, 2.75) is 25.0 Å². The largest absolute Gasteiger partial charge is 0.350 e. The second-order valence-electron chi connectivity index (χ2n) is 5.06. The molecule has 2 N–H and O–H groups in total. The third-order valence-electron chi connectivity index (χ3n) is 2.71. The Balaban J connectivity index is 2.41. The smallest absolute Gasteiger partial charge is 0.254 e. The summed E-state index contributed by atoms with van der Waals surface area (Å²) in [5.74, 6) is -1.17. The highest BCUT2D eigenvalue weighted by Gasteiger charge is 2.18. The number of hydrogen-bond donors (Lipinski definition) is 2. The standard InChI is InChI=1S/C13H15FN4O3S/c1-7(2)15-12(19)9-6-8(4-5-10(9)14)11-16-13(18-17-11)22(3,20)21/h4-7H,1-3H3,(H,15,19)(H,16,17,18). The van der Waals surface area contributed by atoms with Crippen molar-refractivity contribution < 1.29 is 17.6 Å².